The molecule has 1 aromatic heterocycles. The van der Waals surface area contributed by atoms with Crippen LogP contribution in [0.5, 0.6) is 0 Å². The van der Waals surface area contributed by atoms with Gasteiger partial charge in [-0.1, -0.05) is 36.4 Å². The van der Waals surface area contributed by atoms with Gasteiger partial charge in [-0.25, -0.2) is 0 Å². The number of anilines is 1. The molecule has 0 saturated heterocycles. The summed E-state index contributed by atoms with van der Waals surface area (Å²) in [5.41, 5.74) is 0. The zero-order valence-electron chi connectivity index (χ0n) is 12.2. The maximum absolute atomic E-state index is 4.31. The van der Waals surface area contributed by atoms with E-state index in [9.17, 15) is 0 Å². The Kier molecular flexibility index (Phi) is 5.47. The van der Waals surface area contributed by atoms with E-state index in [1.807, 2.05) is 30.8 Å². The van der Waals surface area contributed by atoms with Crippen molar-refractivity contribution in [1.29, 1.82) is 0 Å². The first kappa shape index (κ1) is 15.1. The van der Waals surface area contributed by atoms with Crippen molar-refractivity contribution < 1.29 is 0 Å². The third kappa shape index (κ3) is 3.83. The fraction of sp³-hybridized carbons (Fsp3) is 0.846. The van der Waals surface area contributed by atoms with Crippen molar-refractivity contribution in [3.8, 4) is 0 Å². The molecule has 108 valence electrons. The SMILES string of the molecule is CCC1CCC(NC)C(Sc2nnc(N(C)C)s2)C1. The van der Waals surface area contributed by atoms with Crippen molar-refractivity contribution in [3.63, 3.8) is 0 Å². The first-order chi connectivity index (χ1) is 9.13. The van der Waals surface area contributed by atoms with E-state index in [1.165, 1.54) is 25.7 Å². The number of nitrogens with zero attached hydrogens (tertiary/aromatic N) is 3. The summed E-state index contributed by atoms with van der Waals surface area (Å²) in [4.78, 5) is 2.02. The zero-order chi connectivity index (χ0) is 13.8. The van der Waals surface area contributed by atoms with Crippen molar-refractivity contribution in [2.45, 2.75) is 48.2 Å². The van der Waals surface area contributed by atoms with Crippen LogP contribution in [0.15, 0.2) is 4.34 Å². The van der Waals surface area contributed by atoms with E-state index in [0.717, 1.165) is 15.4 Å². The highest BCUT2D eigenvalue weighted by atomic mass is 32.2. The maximum atomic E-state index is 4.31. The van der Waals surface area contributed by atoms with E-state index >= 15 is 0 Å². The smallest absolute Gasteiger partial charge is 0.208 e. The maximum Gasteiger partial charge on any atom is 0.208 e. The highest BCUT2D eigenvalue weighted by Gasteiger charge is 2.30. The molecule has 1 N–H and O–H groups in total. The van der Waals surface area contributed by atoms with Gasteiger partial charge in [0.15, 0.2) is 4.34 Å². The molecule has 1 aromatic rings. The summed E-state index contributed by atoms with van der Waals surface area (Å²) in [6, 6.07) is 0.611. The van der Waals surface area contributed by atoms with Crippen LogP contribution >= 0.6 is 23.1 Å². The van der Waals surface area contributed by atoms with Gasteiger partial charge in [0.25, 0.3) is 0 Å². The highest BCUT2D eigenvalue weighted by Crippen LogP contribution is 2.39. The van der Waals surface area contributed by atoms with Gasteiger partial charge in [-0.15, -0.1) is 10.2 Å². The van der Waals surface area contributed by atoms with Crippen LogP contribution < -0.4 is 10.2 Å². The average molecular weight is 300 g/mol. The first-order valence-electron chi connectivity index (χ1n) is 6.98. The standard InChI is InChI=1S/C13H24N4S2/c1-5-9-6-7-10(14-2)11(8-9)18-13-16-15-12(19-13)17(3)4/h9-11,14H,5-8H2,1-4H3. The Hall–Kier alpha value is -0.330. The third-order valence-corrected chi connectivity index (χ3v) is 6.41. The van der Waals surface area contributed by atoms with Gasteiger partial charge in [-0.3, -0.25) is 0 Å². The van der Waals surface area contributed by atoms with Crippen LogP contribution in [-0.4, -0.2) is 42.6 Å². The van der Waals surface area contributed by atoms with Crippen LogP contribution in [0.1, 0.15) is 32.6 Å². The quantitative estimate of drug-likeness (QED) is 0.905. The third-order valence-electron chi connectivity index (χ3n) is 3.88. The molecule has 0 aliphatic heterocycles. The van der Waals surface area contributed by atoms with Gasteiger partial charge in [0.05, 0.1) is 0 Å². The first-order valence-corrected chi connectivity index (χ1v) is 8.68. The lowest BCUT2D eigenvalue weighted by Gasteiger charge is -2.34. The Morgan fingerprint density at radius 2 is 2.16 bits per heavy atom. The molecule has 2 rings (SSSR count). The van der Waals surface area contributed by atoms with Crippen molar-refractivity contribution in [1.82, 2.24) is 15.5 Å². The molecule has 0 amide bonds. The van der Waals surface area contributed by atoms with Crippen molar-refractivity contribution in [2.24, 2.45) is 5.92 Å². The van der Waals surface area contributed by atoms with E-state index in [2.05, 4.69) is 29.5 Å². The molecule has 19 heavy (non-hydrogen) atoms. The zero-order valence-corrected chi connectivity index (χ0v) is 13.9. The fourth-order valence-corrected chi connectivity index (χ4v) is 5.04. The summed E-state index contributed by atoms with van der Waals surface area (Å²) < 4.78 is 1.10. The van der Waals surface area contributed by atoms with Crippen LogP contribution in [-0.2, 0) is 0 Å². The van der Waals surface area contributed by atoms with E-state index in [1.54, 1.807) is 11.3 Å². The second-order valence-corrected chi connectivity index (χ2v) is 7.83. The normalized spacial score (nSPS) is 27.5. The molecule has 3 atom stereocenters. The monoisotopic (exact) mass is 300 g/mol. The van der Waals surface area contributed by atoms with E-state index < -0.39 is 0 Å². The average Bonchev–Trinajstić information content (AvgIpc) is 2.87. The molecule has 1 saturated carbocycles. The van der Waals surface area contributed by atoms with Crippen molar-refractivity contribution >= 4 is 28.2 Å². The molecular formula is C13H24N4S2. The predicted molar refractivity (Wildman–Crippen MR) is 84.4 cm³/mol. The summed E-state index contributed by atoms with van der Waals surface area (Å²) >= 11 is 3.61. The number of hydrogen-bond donors (Lipinski definition) is 1. The van der Waals surface area contributed by atoms with Crippen molar-refractivity contribution in [2.75, 3.05) is 26.0 Å². The number of thioether (sulfide) groups is 1. The predicted octanol–water partition coefficient (Wildman–Crippen LogP) is 2.86. The van der Waals surface area contributed by atoms with Crippen LogP contribution in [0.3, 0.4) is 0 Å². The molecule has 3 unspecified atom stereocenters. The Bertz CT molecular complexity index is 394. The molecule has 0 spiro atoms. The molecule has 0 radical (unpaired) electrons. The minimum absolute atomic E-state index is 0.611. The molecule has 4 nitrogen and oxygen atoms in total. The lowest BCUT2D eigenvalue weighted by molar-refractivity contribution is 0.304. The van der Waals surface area contributed by atoms with Gasteiger partial charge in [0, 0.05) is 25.4 Å². The number of nitrogens with one attached hydrogen (secondary N) is 1. The van der Waals surface area contributed by atoms with Gasteiger partial charge in [0.2, 0.25) is 5.13 Å². The molecule has 1 aliphatic carbocycles. The Labute approximate surface area is 124 Å². The van der Waals surface area contributed by atoms with Crippen LogP contribution in [0, 0.1) is 5.92 Å². The number of aromatic nitrogens is 2. The van der Waals surface area contributed by atoms with Crippen molar-refractivity contribution in [3.05, 3.63) is 0 Å². The van der Waals surface area contributed by atoms with Crippen LogP contribution in [0.2, 0.25) is 0 Å². The summed E-state index contributed by atoms with van der Waals surface area (Å²) in [6.07, 6.45) is 5.24. The molecule has 1 fully saturated rings. The van der Waals surface area contributed by atoms with E-state index in [0.29, 0.717) is 11.3 Å². The summed E-state index contributed by atoms with van der Waals surface area (Å²) in [5, 5.41) is 13.6. The molecular weight excluding hydrogens is 276 g/mol. The van der Waals surface area contributed by atoms with Gasteiger partial charge in [0.1, 0.15) is 0 Å². The topological polar surface area (TPSA) is 41.1 Å². The summed E-state index contributed by atoms with van der Waals surface area (Å²) in [5.74, 6) is 0.878. The van der Waals surface area contributed by atoms with E-state index in [-0.39, 0.29) is 0 Å². The van der Waals surface area contributed by atoms with E-state index in [4.69, 9.17) is 0 Å². The molecule has 1 heterocycles. The highest BCUT2D eigenvalue weighted by molar-refractivity contribution is 8.01. The van der Waals surface area contributed by atoms with Gasteiger partial charge in [-0.2, -0.15) is 0 Å². The van der Waals surface area contributed by atoms with Gasteiger partial charge >= 0.3 is 0 Å². The van der Waals surface area contributed by atoms with Gasteiger partial charge in [-0.05, 0) is 32.2 Å². The Morgan fingerprint density at radius 1 is 1.37 bits per heavy atom. The number of rotatable bonds is 5. The molecule has 1 aliphatic rings. The minimum atomic E-state index is 0.611. The second kappa shape index (κ2) is 6.90. The van der Waals surface area contributed by atoms with Gasteiger partial charge < -0.3 is 10.2 Å². The fourth-order valence-electron chi connectivity index (χ4n) is 2.60. The van der Waals surface area contributed by atoms with Crippen LogP contribution in [0.4, 0.5) is 5.13 Å². The molecule has 0 aromatic carbocycles. The lowest BCUT2D eigenvalue weighted by atomic mass is 9.84. The minimum Gasteiger partial charge on any atom is -0.353 e. The Morgan fingerprint density at radius 3 is 2.74 bits per heavy atom. The second-order valence-electron chi connectivity index (χ2n) is 5.38. The Balaban J connectivity index is 2.01. The van der Waals surface area contributed by atoms with Crippen LogP contribution in [0.25, 0.3) is 0 Å². The lowest BCUT2D eigenvalue weighted by Crippen LogP contribution is -2.40. The molecule has 0 bridgehead atoms. The summed E-state index contributed by atoms with van der Waals surface area (Å²) in [7, 11) is 6.11. The molecule has 6 heteroatoms. The summed E-state index contributed by atoms with van der Waals surface area (Å²) in [6.45, 7) is 2.31. The number of hydrogen-bond acceptors (Lipinski definition) is 6. The largest absolute Gasteiger partial charge is 0.353 e.